The quantitative estimate of drug-likeness (QED) is 0.149. The molecule has 42 heavy (non-hydrogen) atoms. The number of para-hydroxylation sites is 1. The minimum atomic E-state index is -4.05. The smallest absolute Gasteiger partial charge is 0.278 e. The van der Waals surface area contributed by atoms with E-state index >= 15 is 0 Å². The van der Waals surface area contributed by atoms with Gasteiger partial charge in [-0.25, -0.2) is 22.7 Å². The summed E-state index contributed by atoms with van der Waals surface area (Å²) in [6, 6.07) is 16.5. The molecular weight excluding hydrogens is 573 g/mol. The molecule has 1 aliphatic heterocycles. The van der Waals surface area contributed by atoms with E-state index in [0.717, 1.165) is 21.5 Å². The molecule has 2 aromatic heterocycles. The number of ether oxygens (including phenoxy) is 2. The van der Waals surface area contributed by atoms with Gasteiger partial charge in [0.1, 0.15) is 12.5 Å². The number of rotatable bonds is 11. The summed E-state index contributed by atoms with van der Waals surface area (Å²) < 4.78 is 40.0. The third kappa shape index (κ3) is 6.22. The van der Waals surface area contributed by atoms with E-state index in [1.165, 1.54) is 18.5 Å². The van der Waals surface area contributed by atoms with Crippen molar-refractivity contribution in [3.05, 3.63) is 78.2 Å². The van der Waals surface area contributed by atoms with Gasteiger partial charge < -0.3 is 14.4 Å². The Morgan fingerprint density at radius 2 is 1.83 bits per heavy atom. The molecule has 0 unspecified atom stereocenters. The number of nitrogens with one attached hydrogen (secondary N) is 1. The summed E-state index contributed by atoms with van der Waals surface area (Å²) in [5.41, 5.74) is 3.10. The number of hydrogen-bond acceptors (Lipinski definition) is 8. The largest absolute Gasteiger partial charge is 0.496 e. The number of anilines is 2. The summed E-state index contributed by atoms with van der Waals surface area (Å²) in [5.74, 6) is 0.417. The maximum Gasteiger partial charge on any atom is 0.278 e. The number of amides is 1. The Balaban J connectivity index is 1.37. The highest BCUT2D eigenvalue weighted by Gasteiger charge is 2.32. The molecule has 0 saturated carbocycles. The molecule has 0 bridgehead atoms. The summed E-state index contributed by atoms with van der Waals surface area (Å²) in [4.78, 5) is 23.5. The highest BCUT2D eigenvalue weighted by atomic mass is 32.2. The van der Waals surface area contributed by atoms with Crippen molar-refractivity contribution < 1.29 is 22.7 Å². The molecule has 0 aliphatic carbocycles. The van der Waals surface area contributed by atoms with Gasteiger partial charge in [0.2, 0.25) is 5.95 Å². The molecule has 1 aliphatic rings. The summed E-state index contributed by atoms with van der Waals surface area (Å²) in [7, 11) is -3.83. The molecule has 220 valence electrons. The second-order valence-electron chi connectivity index (χ2n) is 11.1. The molecular formula is C29H34N6O5SSi. The van der Waals surface area contributed by atoms with E-state index in [4.69, 9.17) is 9.47 Å². The Bertz CT molecular complexity index is 1670. The average molecular weight is 607 g/mol. The van der Waals surface area contributed by atoms with Crippen LogP contribution in [0, 0.1) is 0 Å². The van der Waals surface area contributed by atoms with Crippen molar-refractivity contribution >= 4 is 35.6 Å². The minimum Gasteiger partial charge on any atom is -0.496 e. The Labute approximate surface area is 246 Å². The maximum absolute atomic E-state index is 13.8. The summed E-state index contributed by atoms with van der Waals surface area (Å²) in [6.45, 7) is 7.34. The van der Waals surface area contributed by atoms with Crippen molar-refractivity contribution in [3.63, 3.8) is 0 Å². The number of benzene rings is 2. The summed E-state index contributed by atoms with van der Waals surface area (Å²) in [5, 5.41) is 7.18. The number of sulfonamides is 1. The Morgan fingerprint density at radius 3 is 2.57 bits per heavy atom. The van der Waals surface area contributed by atoms with E-state index in [-0.39, 0.29) is 29.2 Å². The zero-order valence-corrected chi connectivity index (χ0v) is 25.9. The van der Waals surface area contributed by atoms with Gasteiger partial charge in [-0.05, 0) is 60.5 Å². The Hall–Kier alpha value is -4.07. The lowest BCUT2D eigenvalue weighted by Crippen LogP contribution is -2.35. The fraction of sp³-hybridized carbons (Fsp3) is 0.310. The monoisotopic (exact) mass is 606 g/mol. The molecule has 0 radical (unpaired) electrons. The van der Waals surface area contributed by atoms with Crippen molar-refractivity contribution in [1.82, 2.24) is 20.2 Å². The van der Waals surface area contributed by atoms with Crippen LogP contribution in [0.1, 0.15) is 16.1 Å². The predicted molar refractivity (Wildman–Crippen MR) is 163 cm³/mol. The van der Waals surface area contributed by atoms with E-state index in [9.17, 15) is 13.2 Å². The van der Waals surface area contributed by atoms with Crippen molar-refractivity contribution in [3.8, 4) is 17.0 Å². The Kier molecular flexibility index (Phi) is 8.43. The lowest BCUT2D eigenvalue weighted by atomic mass is 10.1. The molecule has 0 spiro atoms. The van der Waals surface area contributed by atoms with E-state index in [0.29, 0.717) is 36.7 Å². The first-order valence-electron chi connectivity index (χ1n) is 13.6. The van der Waals surface area contributed by atoms with Crippen LogP contribution in [0.5, 0.6) is 5.75 Å². The standard InChI is InChI=1S/C29H34N6O5SSi/c1-39-27-9-6-5-8-23(27)24-19-25(33-32-24)28(36)34-15-12-21-18-22(10-11-26(21)34)41(37,38)35(29-30-13-7-14-31-29)20-40-16-17-42(2,3)4/h5-11,13-14,18-19H,12,15-17,20H2,1-4H3,(H,32,33). The minimum absolute atomic E-state index is 0.0344. The highest BCUT2D eigenvalue weighted by molar-refractivity contribution is 7.92. The van der Waals surface area contributed by atoms with Crippen LogP contribution in [0.4, 0.5) is 11.6 Å². The first-order valence-corrected chi connectivity index (χ1v) is 18.7. The number of nitrogens with zero attached hydrogens (tertiary/aromatic N) is 5. The lowest BCUT2D eigenvalue weighted by Gasteiger charge is -2.23. The van der Waals surface area contributed by atoms with Gasteiger partial charge in [-0.2, -0.15) is 5.10 Å². The van der Waals surface area contributed by atoms with Gasteiger partial charge in [-0.15, -0.1) is 0 Å². The van der Waals surface area contributed by atoms with E-state index < -0.39 is 18.1 Å². The van der Waals surface area contributed by atoms with Gasteiger partial charge in [0.05, 0.1) is 17.7 Å². The molecule has 2 aromatic carbocycles. The molecule has 5 rings (SSSR count). The summed E-state index contributed by atoms with van der Waals surface area (Å²) in [6.07, 6.45) is 3.49. The van der Waals surface area contributed by atoms with Gasteiger partial charge in [0.25, 0.3) is 15.9 Å². The van der Waals surface area contributed by atoms with Crippen molar-refractivity contribution in [2.45, 2.75) is 37.0 Å². The first kappa shape index (κ1) is 29.4. The van der Waals surface area contributed by atoms with Crippen LogP contribution < -0.4 is 13.9 Å². The molecule has 1 N–H and O–H groups in total. The topological polar surface area (TPSA) is 131 Å². The average Bonchev–Trinajstić information content (AvgIpc) is 3.64. The highest BCUT2D eigenvalue weighted by Crippen LogP contribution is 2.34. The van der Waals surface area contributed by atoms with Crippen molar-refractivity contribution in [2.24, 2.45) is 0 Å². The molecule has 11 nitrogen and oxygen atoms in total. The fourth-order valence-corrected chi connectivity index (χ4v) is 6.70. The Morgan fingerprint density at radius 1 is 1.07 bits per heavy atom. The van der Waals surface area contributed by atoms with E-state index in [1.807, 2.05) is 24.3 Å². The number of H-pyrrole nitrogens is 1. The molecule has 0 saturated heterocycles. The van der Waals surface area contributed by atoms with Gasteiger partial charge in [-0.3, -0.25) is 9.89 Å². The molecule has 0 atom stereocenters. The third-order valence-electron chi connectivity index (χ3n) is 6.95. The van der Waals surface area contributed by atoms with Gasteiger partial charge in [0, 0.05) is 44.9 Å². The third-order valence-corrected chi connectivity index (χ3v) is 10.4. The number of aromatic nitrogens is 4. The number of carbonyl (C=O) groups is 1. The maximum atomic E-state index is 13.8. The van der Waals surface area contributed by atoms with Crippen LogP contribution in [-0.2, 0) is 21.2 Å². The van der Waals surface area contributed by atoms with Crippen molar-refractivity contribution in [1.29, 1.82) is 0 Å². The van der Waals surface area contributed by atoms with Crippen LogP contribution in [0.25, 0.3) is 11.3 Å². The molecule has 3 heterocycles. The molecule has 13 heteroatoms. The van der Waals surface area contributed by atoms with Gasteiger partial charge >= 0.3 is 0 Å². The second kappa shape index (κ2) is 12.0. The van der Waals surface area contributed by atoms with Crippen LogP contribution >= 0.6 is 0 Å². The lowest BCUT2D eigenvalue weighted by molar-refractivity contribution is 0.0984. The second-order valence-corrected chi connectivity index (χ2v) is 18.6. The van der Waals surface area contributed by atoms with Gasteiger partial charge in [-0.1, -0.05) is 31.8 Å². The van der Waals surface area contributed by atoms with E-state index in [2.05, 4.69) is 39.8 Å². The summed E-state index contributed by atoms with van der Waals surface area (Å²) >= 11 is 0. The number of methoxy groups -OCH3 is 1. The zero-order chi connectivity index (χ0) is 29.9. The number of carbonyl (C=O) groups excluding carboxylic acids is 1. The van der Waals surface area contributed by atoms with Crippen molar-refractivity contribution in [2.75, 3.05) is 36.2 Å². The molecule has 4 aromatic rings. The van der Waals surface area contributed by atoms with Gasteiger partial charge in [0.15, 0.2) is 5.69 Å². The molecule has 1 amide bonds. The van der Waals surface area contributed by atoms with E-state index in [1.54, 1.807) is 36.3 Å². The normalized spacial score (nSPS) is 13.2. The number of aromatic amines is 1. The number of hydrogen-bond donors (Lipinski definition) is 1. The predicted octanol–water partition coefficient (Wildman–Crippen LogP) is 4.59. The number of fused-ring (bicyclic) bond motifs is 1. The van der Waals surface area contributed by atoms with Crippen LogP contribution in [0.2, 0.25) is 25.7 Å². The van der Waals surface area contributed by atoms with Crippen LogP contribution in [-0.4, -0.2) is 69.6 Å². The first-order chi connectivity index (χ1) is 20.1. The SMILES string of the molecule is COc1ccccc1-c1cc(C(=O)N2CCc3cc(S(=O)(=O)N(COCC[Si](C)(C)C)c4ncccn4)ccc32)n[nH]1. The molecule has 0 fully saturated rings. The fourth-order valence-electron chi connectivity index (χ4n) is 4.63. The van der Waals surface area contributed by atoms with Crippen LogP contribution in [0.15, 0.2) is 71.9 Å². The zero-order valence-electron chi connectivity index (χ0n) is 24.1. The van der Waals surface area contributed by atoms with Crippen LogP contribution in [0.3, 0.4) is 0 Å².